The fourth-order valence-corrected chi connectivity index (χ4v) is 2.29. The Labute approximate surface area is 152 Å². The third-order valence-electron chi connectivity index (χ3n) is 3.66. The standard InChI is InChI=1S/C19H22N2O5/c1-24-15-8-9-17(25-2)16(12-15)20-11-10-18(22)21-14-6-4-13(5-7-14)19(23)26-3/h4-9,12,20H,10-11H2,1-3H3,(H,21,22). The fraction of sp³-hybridized carbons (Fsp3) is 0.263. The molecule has 2 N–H and O–H groups in total. The van der Waals surface area contributed by atoms with Gasteiger partial charge in [0.15, 0.2) is 0 Å². The number of carbonyl (C=O) groups excluding carboxylic acids is 2. The molecule has 7 heteroatoms. The van der Waals surface area contributed by atoms with Crippen LogP contribution in [0.15, 0.2) is 42.5 Å². The quantitative estimate of drug-likeness (QED) is 0.706. The van der Waals surface area contributed by atoms with E-state index >= 15 is 0 Å². The van der Waals surface area contributed by atoms with Crippen molar-refractivity contribution < 1.29 is 23.8 Å². The topological polar surface area (TPSA) is 85.9 Å². The van der Waals surface area contributed by atoms with E-state index in [1.165, 1.54) is 7.11 Å². The van der Waals surface area contributed by atoms with Gasteiger partial charge in [0.1, 0.15) is 11.5 Å². The van der Waals surface area contributed by atoms with E-state index in [1.807, 2.05) is 6.07 Å². The second-order valence-corrected chi connectivity index (χ2v) is 5.36. The lowest BCUT2D eigenvalue weighted by molar-refractivity contribution is -0.115. The number of esters is 1. The van der Waals surface area contributed by atoms with Gasteiger partial charge in [-0.25, -0.2) is 4.79 Å². The monoisotopic (exact) mass is 358 g/mol. The van der Waals surface area contributed by atoms with Crippen LogP contribution >= 0.6 is 0 Å². The molecule has 2 aromatic carbocycles. The van der Waals surface area contributed by atoms with Gasteiger partial charge >= 0.3 is 5.97 Å². The first kappa shape index (κ1) is 19.1. The summed E-state index contributed by atoms with van der Waals surface area (Å²) in [4.78, 5) is 23.4. The van der Waals surface area contributed by atoms with Crippen molar-refractivity contribution in [3.63, 3.8) is 0 Å². The van der Waals surface area contributed by atoms with E-state index < -0.39 is 5.97 Å². The first-order valence-corrected chi connectivity index (χ1v) is 8.01. The Morgan fingerprint density at radius 1 is 0.962 bits per heavy atom. The van der Waals surface area contributed by atoms with Crippen molar-refractivity contribution in [1.82, 2.24) is 0 Å². The molecule has 2 rings (SSSR count). The molecule has 0 heterocycles. The third-order valence-corrected chi connectivity index (χ3v) is 3.66. The zero-order chi connectivity index (χ0) is 18.9. The van der Waals surface area contributed by atoms with E-state index in [0.717, 1.165) is 5.69 Å². The zero-order valence-corrected chi connectivity index (χ0v) is 15.0. The molecule has 0 aliphatic carbocycles. The number of ether oxygens (including phenoxy) is 3. The van der Waals surface area contributed by atoms with Gasteiger partial charge in [0.25, 0.3) is 0 Å². The molecule has 0 saturated heterocycles. The lowest BCUT2D eigenvalue weighted by Gasteiger charge is -2.12. The molecule has 0 aliphatic heterocycles. The maximum atomic E-state index is 12.1. The summed E-state index contributed by atoms with van der Waals surface area (Å²) >= 11 is 0. The van der Waals surface area contributed by atoms with Crippen LogP contribution in [0.1, 0.15) is 16.8 Å². The van der Waals surface area contributed by atoms with Crippen molar-refractivity contribution in [3.05, 3.63) is 48.0 Å². The minimum absolute atomic E-state index is 0.148. The fourth-order valence-electron chi connectivity index (χ4n) is 2.29. The van der Waals surface area contributed by atoms with Crippen LogP contribution in [0.3, 0.4) is 0 Å². The van der Waals surface area contributed by atoms with Crippen molar-refractivity contribution in [2.45, 2.75) is 6.42 Å². The van der Waals surface area contributed by atoms with Gasteiger partial charge in [-0.1, -0.05) is 0 Å². The van der Waals surface area contributed by atoms with Crippen molar-refractivity contribution in [1.29, 1.82) is 0 Å². The van der Waals surface area contributed by atoms with Crippen LogP contribution in [0.25, 0.3) is 0 Å². The second-order valence-electron chi connectivity index (χ2n) is 5.36. The minimum Gasteiger partial charge on any atom is -0.497 e. The normalized spacial score (nSPS) is 9.96. The van der Waals surface area contributed by atoms with Crippen molar-refractivity contribution in [2.24, 2.45) is 0 Å². The number of nitrogens with one attached hydrogen (secondary N) is 2. The Morgan fingerprint density at radius 3 is 2.31 bits per heavy atom. The van der Waals surface area contributed by atoms with E-state index in [0.29, 0.717) is 29.3 Å². The lowest BCUT2D eigenvalue weighted by Crippen LogP contribution is -2.16. The Kier molecular flexibility index (Phi) is 6.84. The molecule has 0 saturated carbocycles. The maximum absolute atomic E-state index is 12.1. The molecule has 0 aromatic heterocycles. The summed E-state index contributed by atoms with van der Waals surface area (Å²) in [5, 5.41) is 5.94. The predicted octanol–water partition coefficient (Wildman–Crippen LogP) is 2.93. The highest BCUT2D eigenvalue weighted by atomic mass is 16.5. The molecule has 0 bridgehead atoms. The van der Waals surface area contributed by atoms with Gasteiger partial charge in [-0.15, -0.1) is 0 Å². The van der Waals surface area contributed by atoms with Gasteiger partial charge < -0.3 is 24.8 Å². The molecule has 0 spiro atoms. The molecule has 138 valence electrons. The number of hydrogen-bond donors (Lipinski definition) is 2. The summed E-state index contributed by atoms with van der Waals surface area (Å²) in [6, 6.07) is 11.9. The number of methoxy groups -OCH3 is 3. The molecule has 0 radical (unpaired) electrons. The Bertz CT molecular complexity index is 759. The number of anilines is 2. The maximum Gasteiger partial charge on any atom is 0.337 e. The molecule has 7 nitrogen and oxygen atoms in total. The predicted molar refractivity (Wildman–Crippen MR) is 99.1 cm³/mol. The molecule has 1 amide bonds. The van der Waals surface area contributed by atoms with Gasteiger partial charge in [0, 0.05) is 24.7 Å². The van der Waals surface area contributed by atoms with E-state index in [2.05, 4.69) is 15.4 Å². The Balaban J connectivity index is 1.86. The van der Waals surface area contributed by atoms with E-state index in [9.17, 15) is 9.59 Å². The first-order valence-electron chi connectivity index (χ1n) is 8.01. The number of rotatable bonds is 8. The average molecular weight is 358 g/mol. The summed E-state index contributed by atoms with van der Waals surface area (Å²) < 4.78 is 15.1. The first-order chi connectivity index (χ1) is 12.6. The van der Waals surface area contributed by atoms with E-state index in [1.54, 1.807) is 50.6 Å². The molecule has 0 atom stereocenters. The molecule has 26 heavy (non-hydrogen) atoms. The molecule has 0 aliphatic rings. The summed E-state index contributed by atoms with van der Waals surface area (Å²) in [7, 11) is 4.49. The SMILES string of the molecule is COC(=O)c1ccc(NC(=O)CCNc2cc(OC)ccc2OC)cc1. The van der Waals surface area contributed by atoms with E-state index in [-0.39, 0.29) is 12.3 Å². The van der Waals surface area contributed by atoms with Gasteiger partial charge in [-0.3, -0.25) is 4.79 Å². The van der Waals surface area contributed by atoms with Crippen molar-refractivity contribution in [3.8, 4) is 11.5 Å². The Morgan fingerprint density at radius 2 is 1.69 bits per heavy atom. The second kappa shape index (κ2) is 9.31. The van der Waals surface area contributed by atoms with Gasteiger partial charge in [-0.05, 0) is 36.4 Å². The lowest BCUT2D eigenvalue weighted by atomic mass is 10.2. The summed E-state index contributed by atoms with van der Waals surface area (Å²) in [6.45, 7) is 0.426. The smallest absolute Gasteiger partial charge is 0.337 e. The third kappa shape index (κ3) is 5.14. The summed E-state index contributed by atoms with van der Waals surface area (Å²) in [6.07, 6.45) is 0.263. The number of hydrogen-bond acceptors (Lipinski definition) is 6. The molecular weight excluding hydrogens is 336 g/mol. The number of benzene rings is 2. The number of amides is 1. The van der Waals surface area contributed by atoms with Crippen LogP contribution in [0.4, 0.5) is 11.4 Å². The van der Waals surface area contributed by atoms with Crippen molar-refractivity contribution >= 4 is 23.3 Å². The van der Waals surface area contributed by atoms with Crippen LogP contribution in [0, 0.1) is 0 Å². The highest BCUT2D eigenvalue weighted by molar-refractivity contribution is 5.93. The van der Waals surface area contributed by atoms with Gasteiger partial charge in [0.2, 0.25) is 5.91 Å². The molecular formula is C19H22N2O5. The van der Waals surface area contributed by atoms with Crippen LogP contribution in [-0.2, 0) is 9.53 Å². The van der Waals surface area contributed by atoms with Crippen molar-refractivity contribution in [2.75, 3.05) is 38.5 Å². The van der Waals surface area contributed by atoms with E-state index in [4.69, 9.17) is 9.47 Å². The summed E-state index contributed by atoms with van der Waals surface area (Å²) in [5.74, 6) is 0.803. The molecule has 0 fully saturated rings. The highest BCUT2D eigenvalue weighted by Gasteiger charge is 2.08. The van der Waals surface area contributed by atoms with Crippen LogP contribution < -0.4 is 20.1 Å². The van der Waals surface area contributed by atoms with Crippen LogP contribution in [0.2, 0.25) is 0 Å². The van der Waals surface area contributed by atoms with Crippen LogP contribution in [-0.4, -0.2) is 39.8 Å². The minimum atomic E-state index is -0.417. The number of carbonyl (C=O) groups is 2. The average Bonchev–Trinajstić information content (AvgIpc) is 2.67. The molecule has 0 unspecified atom stereocenters. The van der Waals surface area contributed by atoms with Crippen LogP contribution in [0.5, 0.6) is 11.5 Å². The zero-order valence-electron chi connectivity index (χ0n) is 15.0. The summed E-state index contributed by atoms with van der Waals surface area (Å²) in [5.41, 5.74) is 1.79. The van der Waals surface area contributed by atoms with Gasteiger partial charge in [-0.2, -0.15) is 0 Å². The largest absolute Gasteiger partial charge is 0.497 e. The highest BCUT2D eigenvalue weighted by Crippen LogP contribution is 2.28. The Hall–Kier alpha value is -3.22. The molecule has 2 aromatic rings. The van der Waals surface area contributed by atoms with Gasteiger partial charge in [0.05, 0.1) is 32.6 Å².